The second kappa shape index (κ2) is 7.82. The second-order valence-electron chi connectivity index (χ2n) is 4.48. The summed E-state index contributed by atoms with van der Waals surface area (Å²) in [5, 5.41) is 3.56. The summed E-state index contributed by atoms with van der Waals surface area (Å²) in [6.07, 6.45) is 5.09. The van der Waals surface area contributed by atoms with E-state index in [0.29, 0.717) is 6.04 Å². The second-order valence-corrected chi connectivity index (χ2v) is 8.05. The van der Waals surface area contributed by atoms with Crippen molar-refractivity contribution >= 4 is 67.8 Å². The molecule has 1 atom stereocenters. The average Bonchev–Trinajstić information content (AvgIpc) is 2.34. The van der Waals surface area contributed by atoms with Crippen LogP contribution in [0.4, 0.5) is 0 Å². The van der Waals surface area contributed by atoms with Gasteiger partial charge in [0.15, 0.2) is 0 Å². The van der Waals surface area contributed by atoms with E-state index in [1.54, 1.807) is 0 Å². The number of benzene rings is 1. The van der Waals surface area contributed by atoms with Gasteiger partial charge in [0.2, 0.25) is 0 Å². The number of rotatable bonds is 4. The molecule has 0 amide bonds. The Morgan fingerprint density at radius 1 is 1.17 bits per heavy atom. The van der Waals surface area contributed by atoms with Crippen LogP contribution in [0.5, 0.6) is 5.75 Å². The number of halogens is 3. The lowest BCUT2D eigenvalue weighted by atomic mass is 10.0. The van der Waals surface area contributed by atoms with Crippen LogP contribution in [0.25, 0.3) is 0 Å². The van der Waals surface area contributed by atoms with E-state index < -0.39 is 0 Å². The van der Waals surface area contributed by atoms with Crippen molar-refractivity contribution in [3.63, 3.8) is 0 Å². The smallest absolute Gasteiger partial charge is 0.145 e. The monoisotopic (exact) mass is 583 g/mol. The van der Waals surface area contributed by atoms with E-state index in [1.807, 2.05) is 0 Å². The number of hydrogen-bond acceptors (Lipinski definition) is 2. The quantitative estimate of drug-likeness (QED) is 0.531. The minimum absolute atomic E-state index is 0.651. The van der Waals surface area contributed by atoms with Gasteiger partial charge in [-0.1, -0.05) is 6.42 Å². The first-order valence-corrected chi connectivity index (χ1v) is 9.41. The Labute approximate surface area is 149 Å². The molecule has 1 fully saturated rings. The molecule has 0 aromatic heterocycles. The highest BCUT2D eigenvalue weighted by molar-refractivity contribution is 14.1. The van der Waals surface area contributed by atoms with Crippen molar-refractivity contribution in [2.75, 3.05) is 13.2 Å². The zero-order chi connectivity index (χ0) is 13.0. The fourth-order valence-electron chi connectivity index (χ4n) is 2.14. The molecule has 0 aliphatic carbocycles. The summed E-state index contributed by atoms with van der Waals surface area (Å²) >= 11 is 7.06. The maximum absolute atomic E-state index is 5.97. The Bertz CT molecular complexity index is 382. The van der Waals surface area contributed by atoms with Gasteiger partial charge in [0, 0.05) is 9.61 Å². The van der Waals surface area contributed by atoms with Crippen LogP contribution in [0.3, 0.4) is 0 Å². The summed E-state index contributed by atoms with van der Waals surface area (Å²) in [6, 6.07) is 4.98. The molecule has 1 saturated heterocycles. The fourth-order valence-corrected chi connectivity index (χ4v) is 6.03. The minimum Gasteiger partial charge on any atom is -0.491 e. The first-order chi connectivity index (χ1) is 8.66. The summed E-state index contributed by atoms with van der Waals surface area (Å²) in [6.45, 7) is 1.98. The number of hydrogen-bond donors (Lipinski definition) is 1. The Morgan fingerprint density at radius 3 is 2.50 bits per heavy atom. The van der Waals surface area contributed by atoms with Crippen molar-refractivity contribution in [2.45, 2.75) is 31.7 Å². The Balaban J connectivity index is 1.86. The third-order valence-corrected chi connectivity index (χ3v) is 5.31. The highest BCUT2D eigenvalue weighted by atomic mass is 127. The third kappa shape index (κ3) is 4.62. The van der Waals surface area contributed by atoms with Gasteiger partial charge in [-0.15, -0.1) is 0 Å². The topological polar surface area (TPSA) is 21.3 Å². The molecule has 1 aromatic rings. The molecule has 0 spiro atoms. The zero-order valence-electron chi connectivity index (χ0n) is 10.0. The van der Waals surface area contributed by atoms with Crippen molar-refractivity contribution in [3.05, 3.63) is 22.8 Å². The normalized spacial score (nSPS) is 19.8. The summed E-state index contributed by atoms with van der Waals surface area (Å²) in [5.41, 5.74) is 0. The predicted octanol–water partition coefficient (Wildman–Crippen LogP) is 4.41. The van der Waals surface area contributed by atoms with E-state index in [1.165, 1.54) is 36.5 Å². The standard InChI is InChI=1S/C13H16I3NO/c14-9-7-11(15)13(12(16)8-9)18-6-4-10-3-1-2-5-17-10/h7-8,10,17H,1-6H2. The van der Waals surface area contributed by atoms with Crippen LogP contribution in [-0.2, 0) is 0 Å². The molecule has 2 rings (SSSR count). The van der Waals surface area contributed by atoms with Gasteiger partial charge in [-0.05, 0) is 106 Å². The predicted molar refractivity (Wildman–Crippen MR) is 100 cm³/mol. The van der Waals surface area contributed by atoms with E-state index >= 15 is 0 Å². The van der Waals surface area contributed by atoms with Crippen LogP contribution in [0, 0.1) is 10.7 Å². The molecule has 1 aliphatic rings. The molecule has 1 aromatic carbocycles. The van der Waals surface area contributed by atoms with Crippen LogP contribution in [0.1, 0.15) is 25.7 Å². The Hall–Kier alpha value is 1.17. The van der Waals surface area contributed by atoms with E-state index in [4.69, 9.17) is 4.74 Å². The van der Waals surface area contributed by atoms with E-state index in [0.717, 1.165) is 18.8 Å². The average molecular weight is 583 g/mol. The highest BCUT2D eigenvalue weighted by Gasteiger charge is 2.13. The van der Waals surface area contributed by atoms with Gasteiger partial charge in [0.1, 0.15) is 5.75 Å². The van der Waals surface area contributed by atoms with E-state index in [2.05, 4.69) is 85.2 Å². The van der Waals surface area contributed by atoms with Crippen LogP contribution in [0.2, 0.25) is 0 Å². The summed E-state index contributed by atoms with van der Waals surface area (Å²) < 4.78 is 9.65. The van der Waals surface area contributed by atoms with Gasteiger partial charge < -0.3 is 10.1 Å². The number of piperidine rings is 1. The van der Waals surface area contributed by atoms with Gasteiger partial charge in [-0.3, -0.25) is 0 Å². The Morgan fingerprint density at radius 2 is 1.89 bits per heavy atom. The first-order valence-electron chi connectivity index (χ1n) is 6.17. The van der Waals surface area contributed by atoms with Crippen LogP contribution >= 0.6 is 67.8 Å². The number of ether oxygens (including phenoxy) is 1. The molecule has 1 heterocycles. The molecular formula is C13H16I3NO. The maximum atomic E-state index is 5.97. The summed E-state index contributed by atoms with van der Waals surface area (Å²) in [7, 11) is 0. The maximum Gasteiger partial charge on any atom is 0.145 e. The SMILES string of the molecule is Ic1cc(I)c(OCCC2CCCCN2)c(I)c1. The van der Waals surface area contributed by atoms with Crippen LogP contribution in [0.15, 0.2) is 12.1 Å². The molecule has 2 nitrogen and oxygen atoms in total. The van der Waals surface area contributed by atoms with Crippen molar-refractivity contribution in [1.82, 2.24) is 5.32 Å². The molecule has 0 radical (unpaired) electrons. The van der Waals surface area contributed by atoms with Crippen molar-refractivity contribution in [1.29, 1.82) is 0 Å². The molecule has 1 unspecified atom stereocenters. The van der Waals surface area contributed by atoms with Gasteiger partial charge in [0.25, 0.3) is 0 Å². The van der Waals surface area contributed by atoms with Crippen molar-refractivity contribution in [3.8, 4) is 5.75 Å². The van der Waals surface area contributed by atoms with Crippen molar-refractivity contribution < 1.29 is 4.74 Å². The Kier molecular flexibility index (Phi) is 6.76. The lowest BCUT2D eigenvalue weighted by molar-refractivity contribution is 0.265. The number of nitrogens with one attached hydrogen (secondary N) is 1. The van der Waals surface area contributed by atoms with Crippen LogP contribution in [-0.4, -0.2) is 19.2 Å². The van der Waals surface area contributed by atoms with Crippen molar-refractivity contribution in [2.24, 2.45) is 0 Å². The van der Waals surface area contributed by atoms with Gasteiger partial charge in [0.05, 0.1) is 13.7 Å². The first kappa shape index (κ1) is 15.6. The fraction of sp³-hybridized carbons (Fsp3) is 0.538. The summed E-state index contributed by atoms with van der Waals surface area (Å²) in [5.74, 6) is 1.05. The molecular weight excluding hydrogens is 567 g/mol. The minimum atomic E-state index is 0.651. The summed E-state index contributed by atoms with van der Waals surface area (Å²) in [4.78, 5) is 0. The molecule has 18 heavy (non-hydrogen) atoms. The zero-order valence-corrected chi connectivity index (χ0v) is 16.5. The van der Waals surface area contributed by atoms with Gasteiger partial charge in [-0.25, -0.2) is 0 Å². The van der Waals surface area contributed by atoms with E-state index in [-0.39, 0.29) is 0 Å². The third-order valence-electron chi connectivity index (χ3n) is 3.09. The molecule has 1 aliphatic heterocycles. The van der Waals surface area contributed by atoms with E-state index in [9.17, 15) is 0 Å². The largest absolute Gasteiger partial charge is 0.491 e. The molecule has 0 bridgehead atoms. The van der Waals surface area contributed by atoms with Gasteiger partial charge in [-0.2, -0.15) is 0 Å². The molecule has 100 valence electrons. The van der Waals surface area contributed by atoms with Gasteiger partial charge >= 0.3 is 0 Å². The molecule has 0 saturated carbocycles. The molecule has 1 N–H and O–H groups in total. The van der Waals surface area contributed by atoms with Crippen LogP contribution < -0.4 is 10.1 Å². The lowest BCUT2D eigenvalue weighted by Crippen LogP contribution is -2.35. The molecule has 5 heteroatoms. The lowest BCUT2D eigenvalue weighted by Gasteiger charge is -2.23. The highest BCUT2D eigenvalue weighted by Crippen LogP contribution is 2.29.